The highest BCUT2D eigenvalue weighted by molar-refractivity contribution is 6.32. The molecule has 0 aromatic heterocycles. The van der Waals surface area contributed by atoms with E-state index in [4.69, 9.17) is 16.3 Å². The van der Waals surface area contributed by atoms with Gasteiger partial charge in [0.1, 0.15) is 5.75 Å². The van der Waals surface area contributed by atoms with Gasteiger partial charge in [-0.3, -0.25) is 0 Å². The zero-order valence-electron chi connectivity index (χ0n) is 13.1. The molecule has 5 nitrogen and oxygen atoms in total. The number of aliphatic hydroxyl groups excluding tert-OH is 1. The topological polar surface area (TPSA) is 70.6 Å². The summed E-state index contributed by atoms with van der Waals surface area (Å²) in [7, 11) is 0. The van der Waals surface area contributed by atoms with E-state index in [0.717, 1.165) is 12.8 Å². The fourth-order valence-corrected chi connectivity index (χ4v) is 2.57. The van der Waals surface area contributed by atoms with Gasteiger partial charge in [0.15, 0.2) is 0 Å². The average molecular weight is 327 g/mol. The van der Waals surface area contributed by atoms with Crippen LogP contribution in [0.4, 0.5) is 10.5 Å². The second kappa shape index (κ2) is 6.75. The van der Waals surface area contributed by atoms with Gasteiger partial charge >= 0.3 is 6.03 Å². The van der Waals surface area contributed by atoms with E-state index < -0.39 is 5.54 Å². The number of carbonyl (C=O) groups excluding carboxylic acids is 1. The fraction of sp³-hybridized carbons (Fsp3) is 0.562. The Kier molecular flexibility index (Phi) is 5.19. The van der Waals surface area contributed by atoms with Crippen LogP contribution < -0.4 is 15.4 Å². The molecule has 0 radical (unpaired) electrons. The summed E-state index contributed by atoms with van der Waals surface area (Å²) >= 11 is 6.14. The van der Waals surface area contributed by atoms with E-state index in [9.17, 15) is 9.90 Å². The number of rotatable bonds is 6. The van der Waals surface area contributed by atoms with E-state index >= 15 is 0 Å². The molecule has 1 atom stereocenters. The van der Waals surface area contributed by atoms with Crippen molar-refractivity contribution in [1.82, 2.24) is 5.32 Å². The van der Waals surface area contributed by atoms with E-state index in [1.165, 1.54) is 0 Å². The third kappa shape index (κ3) is 4.27. The van der Waals surface area contributed by atoms with Crippen molar-refractivity contribution >= 4 is 23.3 Å². The third-order valence-corrected chi connectivity index (χ3v) is 4.05. The second-order valence-corrected chi connectivity index (χ2v) is 6.65. The number of carbonyl (C=O) groups is 1. The minimum atomic E-state index is -0.575. The molecule has 122 valence electrons. The molecule has 0 aliphatic heterocycles. The van der Waals surface area contributed by atoms with Crippen LogP contribution in [0.15, 0.2) is 18.2 Å². The molecule has 1 aliphatic carbocycles. The number of aliphatic hydroxyl groups is 1. The maximum Gasteiger partial charge on any atom is 0.319 e. The van der Waals surface area contributed by atoms with Crippen LogP contribution in [0.2, 0.25) is 5.02 Å². The van der Waals surface area contributed by atoms with Crippen molar-refractivity contribution in [2.24, 2.45) is 5.92 Å². The van der Waals surface area contributed by atoms with Crippen LogP contribution >= 0.6 is 11.6 Å². The van der Waals surface area contributed by atoms with E-state index in [1.54, 1.807) is 18.2 Å². The molecule has 1 aromatic carbocycles. The quantitative estimate of drug-likeness (QED) is 0.750. The minimum absolute atomic E-state index is 0.0309. The van der Waals surface area contributed by atoms with Crippen molar-refractivity contribution in [2.45, 2.75) is 45.3 Å². The van der Waals surface area contributed by atoms with Gasteiger partial charge in [0.25, 0.3) is 0 Å². The summed E-state index contributed by atoms with van der Waals surface area (Å²) in [6.07, 6.45) is 2.10. The van der Waals surface area contributed by atoms with E-state index in [1.807, 2.05) is 20.8 Å². The van der Waals surface area contributed by atoms with Crippen molar-refractivity contribution in [1.29, 1.82) is 0 Å². The monoisotopic (exact) mass is 326 g/mol. The molecular weight excluding hydrogens is 304 g/mol. The summed E-state index contributed by atoms with van der Waals surface area (Å²) in [4.78, 5) is 12.1. The van der Waals surface area contributed by atoms with Gasteiger partial charge in [-0.1, -0.05) is 11.6 Å². The number of benzene rings is 1. The normalized spacial score (nSPS) is 17.0. The van der Waals surface area contributed by atoms with Crippen LogP contribution in [0.3, 0.4) is 0 Å². The maximum absolute atomic E-state index is 12.1. The predicted octanol–water partition coefficient (Wildman–Crippen LogP) is 3.41. The molecule has 0 spiro atoms. The van der Waals surface area contributed by atoms with Gasteiger partial charge in [-0.25, -0.2) is 4.79 Å². The van der Waals surface area contributed by atoms with Crippen LogP contribution in [0, 0.1) is 5.92 Å². The van der Waals surface area contributed by atoms with Crippen LogP contribution in [-0.2, 0) is 0 Å². The Morgan fingerprint density at radius 2 is 2.18 bits per heavy atom. The summed E-state index contributed by atoms with van der Waals surface area (Å²) in [6, 6.07) is 4.75. The van der Waals surface area contributed by atoms with Gasteiger partial charge in [-0.15, -0.1) is 0 Å². The molecule has 1 unspecified atom stereocenters. The van der Waals surface area contributed by atoms with Gasteiger partial charge in [0, 0.05) is 5.69 Å². The Balaban J connectivity index is 1.98. The lowest BCUT2D eigenvalue weighted by atomic mass is 9.97. The molecule has 0 bridgehead atoms. The molecule has 1 saturated carbocycles. The SMILES string of the molecule is CC(C)Oc1ccc(NC(=O)NC(C)(CO)C2CC2)cc1Cl. The summed E-state index contributed by atoms with van der Waals surface area (Å²) < 4.78 is 5.55. The smallest absolute Gasteiger partial charge is 0.319 e. The zero-order chi connectivity index (χ0) is 16.3. The van der Waals surface area contributed by atoms with Crippen LogP contribution in [0.5, 0.6) is 5.75 Å². The molecule has 0 saturated heterocycles. The Hall–Kier alpha value is -1.46. The zero-order valence-corrected chi connectivity index (χ0v) is 13.9. The Morgan fingerprint density at radius 1 is 1.50 bits per heavy atom. The molecule has 0 heterocycles. The van der Waals surface area contributed by atoms with Gasteiger partial charge in [-0.2, -0.15) is 0 Å². The van der Waals surface area contributed by atoms with Gasteiger partial charge in [0.05, 0.1) is 23.3 Å². The van der Waals surface area contributed by atoms with E-state index in [0.29, 0.717) is 22.4 Å². The number of halogens is 1. The van der Waals surface area contributed by atoms with Crippen molar-refractivity contribution < 1.29 is 14.6 Å². The minimum Gasteiger partial charge on any atom is -0.489 e. The first-order valence-corrected chi connectivity index (χ1v) is 7.88. The second-order valence-electron chi connectivity index (χ2n) is 6.24. The molecule has 1 aromatic rings. The summed E-state index contributed by atoms with van der Waals surface area (Å²) in [5, 5.41) is 15.5. The number of urea groups is 1. The van der Waals surface area contributed by atoms with E-state index in [-0.39, 0.29) is 18.7 Å². The first-order chi connectivity index (χ1) is 10.3. The first-order valence-electron chi connectivity index (χ1n) is 7.50. The van der Waals surface area contributed by atoms with Crippen LogP contribution in [0.25, 0.3) is 0 Å². The number of hydrogen-bond acceptors (Lipinski definition) is 3. The molecule has 22 heavy (non-hydrogen) atoms. The van der Waals surface area contributed by atoms with Gasteiger partial charge < -0.3 is 20.5 Å². The highest BCUT2D eigenvalue weighted by Gasteiger charge is 2.42. The Morgan fingerprint density at radius 3 is 2.68 bits per heavy atom. The highest BCUT2D eigenvalue weighted by Crippen LogP contribution is 2.39. The number of hydrogen-bond donors (Lipinski definition) is 3. The maximum atomic E-state index is 12.1. The van der Waals surface area contributed by atoms with Gasteiger partial charge in [0.2, 0.25) is 0 Å². The number of anilines is 1. The number of ether oxygens (including phenoxy) is 1. The molecule has 2 rings (SSSR count). The predicted molar refractivity (Wildman–Crippen MR) is 87.6 cm³/mol. The molecule has 3 N–H and O–H groups in total. The lowest BCUT2D eigenvalue weighted by Gasteiger charge is -2.28. The summed E-state index contributed by atoms with van der Waals surface area (Å²) in [6.45, 7) is 5.62. The Labute approximate surface area is 136 Å². The van der Waals surface area contributed by atoms with Gasteiger partial charge in [-0.05, 0) is 57.7 Å². The molecule has 2 amide bonds. The lowest BCUT2D eigenvalue weighted by molar-refractivity contribution is 0.159. The largest absolute Gasteiger partial charge is 0.489 e. The van der Waals surface area contributed by atoms with Crippen molar-refractivity contribution in [3.05, 3.63) is 23.2 Å². The van der Waals surface area contributed by atoms with Crippen molar-refractivity contribution in [2.75, 3.05) is 11.9 Å². The molecule has 1 aliphatic rings. The number of amides is 2. The summed E-state index contributed by atoms with van der Waals surface area (Å²) in [5.74, 6) is 0.925. The van der Waals surface area contributed by atoms with Crippen molar-refractivity contribution in [3.63, 3.8) is 0 Å². The van der Waals surface area contributed by atoms with E-state index in [2.05, 4.69) is 10.6 Å². The molecule has 1 fully saturated rings. The number of nitrogens with one attached hydrogen (secondary N) is 2. The summed E-state index contributed by atoms with van der Waals surface area (Å²) in [5.41, 5.74) is 0.00359. The fourth-order valence-electron chi connectivity index (χ4n) is 2.34. The lowest BCUT2D eigenvalue weighted by Crippen LogP contribution is -2.52. The molecular formula is C16H23ClN2O3. The van der Waals surface area contributed by atoms with Crippen LogP contribution in [-0.4, -0.2) is 29.4 Å². The average Bonchev–Trinajstić information content (AvgIpc) is 3.26. The Bertz CT molecular complexity index is 546. The standard InChI is InChI=1S/C16H23ClN2O3/c1-10(2)22-14-7-6-12(8-13(14)17)18-15(21)19-16(3,9-20)11-4-5-11/h6-8,10-11,20H,4-5,9H2,1-3H3,(H2,18,19,21). The molecule has 6 heteroatoms. The third-order valence-electron chi connectivity index (χ3n) is 3.76. The van der Waals surface area contributed by atoms with Crippen LogP contribution in [0.1, 0.15) is 33.6 Å². The van der Waals surface area contributed by atoms with Crippen molar-refractivity contribution in [3.8, 4) is 5.75 Å². The highest BCUT2D eigenvalue weighted by atomic mass is 35.5. The first kappa shape index (κ1) is 16.9.